The average molecular weight is 336 g/mol. The number of hydrogen-bond acceptors (Lipinski definition) is 3. The summed E-state index contributed by atoms with van der Waals surface area (Å²) in [5.74, 6) is 1.38. The van der Waals surface area contributed by atoms with Crippen molar-refractivity contribution in [3.05, 3.63) is 63.7 Å². The summed E-state index contributed by atoms with van der Waals surface area (Å²) in [6, 6.07) is 12.6. The summed E-state index contributed by atoms with van der Waals surface area (Å²) in [5, 5.41) is 11.3. The molecule has 0 aromatic heterocycles. The molecule has 0 unspecified atom stereocenters. The molecule has 0 spiro atoms. The number of ether oxygens (including phenoxy) is 1. The number of aryl methyl sites for hydroxylation is 1. The molecular weight excluding hydrogens is 322 g/mol. The first-order valence-electron chi connectivity index (χ1n) is 6.24. The zero-order valence-corrected chi connectivity index (χ0v) is 12.6. The van der Waals surface area contributed by atoms with Crippen LogP contribution in [0.1, 0.15) is 18.1 Å². The van der Waals surface area contributed by atoms with Crippen LogP contribution in [0.15, 0.2) is 42.5 Å². The molecule has 0 atom stereocenters. The maximum Gasteiger partial charge on any atom is 0.273 e. The molecule has 0 N–H and O–H groups in total. The van der Waals surface area contributed by atoms with Crippen molar-refractivity contribution in [2.24, 2.45) is 0 Å². The van der Waals surface area contributed by atoms with Gasteiger partial charge in [-0.05, 0) is 30.2 Å². The molecule has 20 heavy (non-hydrogen) atoms. The monoisotopic (exact) mass is 335 g/mol. The van der Waals surface area contributed by atoms with E-state index in [0.717, 1.165) is 17.7 Å². The lowest BCUT2D eigenvalue weighted by Gasteiger charge is -2.10. The van der Waals surface area contributed by atoms with Crippen LogP contribution < -0.4 is 4.74 Å². The van der Waals surface area contributed by atoms with Crippen LogP contribution in [0.5, 0.6) is 11.5 Å². The van der Waals surface area contributed by atoms with Gasteiger partial charge in [-0.3, -0.25) is 10.1 Å². The Morgan fingerprint density at radius 1 is 1.20 bits per heavy atom. The molecule has 5 heteroatoms. The Morgan fingerprint density at radius 3 is 2.60 bits per heavy atom. The Bertz CT molecular complexity index is 628. The van der Waals surface area contributed by atoms with Gasteiger partial charge in [-0.25, -0.2) is 0 Å². The molecule has 2 rings (SSSR count). The third-order valence-electron chi connectivity index (χ3n) is 2.97. The first kappa shape index (κ1) is 14.5. The lowest BCUT2D eigenvalue weighted by molar-refractivity contribution is -0.385. The first-order valence-corrected chi connectivity index (χ1v) is 7.37. The minimum atomic E-state index is -0.389. The molecule has 0 aliphatic rings. The van der Waals surface area contributed by atoms with E-state index in [0.29, 0.717) is 16.6 Å². The number of rotatable bonds is 5. The number of benzene rings is 2. The second-order valence-corrected chi connectivity index (χ2v) is 4.81. The quantitative estimate of drug-likeness (QED) is 0.446. The summed E-state index contributed by atoms with van der Waals surface area (Å²) >= 11 is 3.26. The van der Waals surface area contributed by atoms with E-state index < -0.39 is 0 Å². The van der Waals surface area contributed by atoms with Crippen molar-refractivity contribution in [3.8, 4) is 11.5 Å². The zero-order chi connectivity index (χ0) is 14.5. The molecule has 104 valence electrons. The minimum absolute atomic E-state index is 0.0954. The molecule has 2 aromatic carbocycles. The fourth-order valence-corrected chi connectivity index (χ4v) is 2.38. The van der Waals surface area contributed by atoms with E-state index in [1.54, 1.807) is 12.1 Å². The summed E-state index contributed by atoms with van der Waals surface area (Å²) in [6.45, 7) is 2.06. The molecule has 0 saturated heterocycles. The number of nitrogens with zero attached hydrogens (tertiary/aromatic N) is 1. The standard InChI is InChI=1S/C15H14BrNO3/c1-2-11-5-3-4-6-15(11)20-13-7-8-14(17(18)19)12(9-13)10-16/h3-9H,2,10H2,1H3. The predicted molar refractivity (Wildman–Crippen MR) is 81.6 cm³/mol. The van der Waals surface area contributed by atoms with Crippen LogP contribution in [-0.4, -0.2) is 4.92 Å². The lowest BCUT2D eigenvalue weighted by Crippen LogP contribution is -1.95. The first-order chi connectivity index (χ1) is 9.65. The molecule has 0 aliphatic carbocycles. The van der Waals surface area contributed by atoms with Gasteiger partial charge in [-0.1, -0.05) is 41.1 Å². The molecule has 0 radical (unpaired) electrons. The number of nitro benzene ring substituents is 1. The summed E-state index contributed by atoms with van der Waals surface area (Å²) < 4.78 is 5.83. The van der Waals surface area contributed by atoms with Crippen LogP contribution in [0.4, 0.5) is 5.69 Å². The van der Waals surface area contributed by atoms with Crippen molar-refractivity contribution in [1.29, 1.82) is 0 Å². The summed E-state index contributed by atoms with van der Waals surface area (Å²) in [5.41, 5.74) is 1.80. The van der Waals surface area contributed by atoms with Gasteiger partial charge < -0.3 is 4.74 Å². The van der Waals surface area contributed by atoms with Crippen molar-refractivity contribution in [2.45, 2.75) is 18.7 Å². The number of para-hydroxylation sites is 1. The van der Waals surface area contributed by atoms with E-state index in [4.69, 9.17) is 4.74 Å². The summed E-state index contributed by atoms with van der Waals surface area (Å²) in [7, 11) is 0. The molecule has 0 amide bonds. The molecular formula is C15H14BrNO3. The lowest BCUT2D eigenvalue weighted by atomic mass is 10.1. The van der Waals surface area contributed by atoms with E-state index in [9.17, 15) is 10.1 Å². The van der Waals surface area contributed by atoms with Gasteiger partial charge in [0.15, 0.2) is 0 Å². The molecule has 0 aliphatic heterocycles. The third-order valence-corrected chi connectivity index (χ3v) is 3.58. The van der Waals surface area contributed by atoms with Crippen molar-refractivity contribution in [3.63, 3.8) is 0 Å². The Kier molecular flexibility index (Phi) is 4.74. The fraction of sp³-hybridized carbons (Fsp3) is 0.200. The normalized spacial score (nSPS) is 10.3. The van der Waals surface area contributed by atoms with Gasteiger partial charge in [-0.15, -0.1) is 0 Å². The minimum Gasteiger partial charge on any atom is -0.457 e. The number of halogens is 1. The molecule has 0 heterocycles. The van der Waals surface area contributed by atoms with Crippen molar-refractivity contribution in [2.75, 3.05) is 0 Å². The second-order valence-electron chi connectivity index (χ2n) is 4.24. The van der Waals surface area contributed by atoms with Gasteiger partial charge in [0.2, 0.25) is 0 Å². The van der Waals surface area contributed by atoms with E-state index in [1.807, 2.05) is 24.3 Å². The zero-order valence-electron chi connectivity index (χ0n) is 11.0. The van der Waals surface area contributed by atoms with E-state index in [1.165, 1.54) is 6.07 Å². The maximum atomic E-state index is 10.9. The highest BCUT2D eigenvalue weighted by Gasteiger charge is 2.14. The Balaban J connectivity index is 2.32. The van der Waals surface area contributed by atoms with Gasteiger partial charge in [-0.2, -0.15) is 0 Å². The average Bonchev–Trinajstić information content (AvgIpc) is 2.47. The third kappa shape index (κ3) is 3.17. The van der Waals surface area contributed by atoms with Gasteiger partial charge in [0, 0.05) is 17.0 Å². The van der Waals surface area contributed by atoms with Crippen LogP contribution in [0.3, 0.4) is 0 Å². The fourth-order valence-electron chi connectivity index (χ4n) is 1.93. The van der Waals surface area contributed by atoms with Crippen molar-refractivity contribution in [1.82, 2.24) is 0 Å². The van der Waals surface area contributed by atoms with Crippen LogP contribution in [-0.2, 0) is 11.8 Å². The highest BCUT2D eigenvalue weighted by molar-refractivity contribution is 9.08. The smallest absolute Gasteiger partial charge is 0.273 e. The van der Waals surface area contributed by atoms with Crippen molar-refractivity contribution < 1.29 is 9.66 Å². The molecule has 2 aromatic rings. The maximum absolute atomic E-state index is 10.9. The second kappa shape index (κ2) is 6.52. The van der Waals surface area contributed by atoms with E-state index in [-0.39, 0.29) is 10.6 Å². The van der Waals surface area contributed by atoms with Crippen LogP contribution in [0.2, 0.25) is 0 Å². The number of alkyl halides is 1. The van der Waals surface area contributed by atoms with Crippen LogP contribution in [0.25, 0.3) is 0 Å². The molecule has 4 nitrogen and oxygen atoms in total. The molecule has 0 fully saturated rings. The number of hydrogen-bond donors (Lipinski definition) is 0. The topological polar surface area (TPSA) is 52.4 Å². The summed E-state index contributed by atoms with van der Waals surface area (Å²) in [6.07, 6.45) is 0.870. The summed E-state index contributed by atoms with van der Waals surface area (Å²) in [4.78, 5) is 10.5. The van der Waals surface area contributed by atoms with Gasteiger partial charge in [0.1, 0.15) is 11.5 Å². The SMILES string of the molecule is CCc1ccccc1Oc1ccc([N+](=O)[O-])c(CBr)c1. The van der Waals surface area contributed by atoms with E-state index in [2.05, 4.69) is 22.9 Å². The van der Waals surface area contributed by atoms with Crippen LogP contribution in [0, 0.1) is 10.1 Å². The highest BCUT2D eigenvalue weighted by atomic mass is 79.9. The number of nitro groups is 1. The Hall–Kier alpha value is -1.88. The van der Waals surface area contributed by atoms with Gasteiger partial charge >= 0.3 is 0 Å². The molecule has 0 bridgehead atoms. The van der Waals surface area contributed by atoms with Gasteiger partial charge in [0.05, 0.1) is 4.92 Å². The highest BCUT2D eigenvalue weighted by Crippen LogP contribution is 2.30. The molecule has 0 saturated carbocycles. The van der Waals surface area contributed by atoms with Gasteiger partial charge in [0.25, 0.3) is 5.69 Å². The van der Waals surface area contributed by atoms with E-state index >= 15 is 0 Å². The Labute approximate surface area is 125 Å². The van der Waals surface area contributed by atoms with Crippen LogP contribution >= 0.6 is 15.9 Å². The Morgan fingerprint density at radius 2 is 1.95 bits per heavy atom. The largest absolute Gasteiger partial charge is 0.457 e. The predicted octanol–water partition coefficient (Wildman–Crippen LogP) is 4.84. The van der Waals surface area contributed by atoms with Crippen molar-refractivity contribution >= 4 is 21.6 Å².